The number of thiophene rings is 1. The van der Waals surface area contributed by atoms with Gasteiger partial charge in [0.05, 0.1) is 12.7 Å². The molecule has 31 heavy (non-hydrogen) atoms. The smallest absolute Gasteiger partial charge is 0.340 e. The third-order valence-electron chi connectivity index (χ3n) is 7.65. The van der Waals surface area contributed by atoms with Crippen molar-refractivity contribution in [3.8, 4) is 0 Å². The maximum atomic E-state index is 12.5. The number of rotatable bonds is 5. The molecular weight excluding hydrogens is 424 g/mol. The number of nitrogens with one attached hydrogen (secondary N) is 1. The summed E-state index contributed by atoms with van der Waals surface area (Å²) in [6, 6.07) is 12.3. The summed E-state index contributed by atoms with van der Waals surface area (Å²) >= 11 is 7.48. The summed E-state index contributed by atoms with van der Waals surface area (Å²) in [6.07, 6.45) is 8.78. The second kappa shape index (κ2) is 8.21. The summed E-state index contributed by atoms with van der Waals surface area (Å²) in [5.74, 6) is 2.27. The molecule has 4 bridgehead atoms. The van der Waals surface area contributed by atoms with Crippen LogP contribution >= 0.6 is 23.6 Å². The first-order valence-corrected chi connectivity index (χ1v) is 12.5. The highest BCUT2D eigenvalue weighted by atomic mass is 32.1. The van der Waals surface area contributed by atoms with Gasteiger partial charge >= 0.3 is 5.97 Å². The Balaban J connectivity index is 1.36. The zero-order valence-electron chi connectivity index (χ0n) is 18.2. The molecule has 0 radical (unpaired) electrons. The van der Waals surface area contributed by atoms with Gasteiger partial charge in [-0.1, -0.05) is 30.3 Å². The molecule has 6 rings (SSSR count). The van der Waals surface area contributed by atoms with Gasteiger partial charge in [0.15, 0.2) is 5.11 Å². The minimum atomic E-state index is -0.321. The standard InChI is InChI=1S/C25H30N2O2S2/c1-27(25-13-17-8-18(14-25)10-19(9-17)15-25)24(30)26-22-21(23(28)29-2)12-20(31-22)11-16-6-4-3-5-7-16/h3-7,12,17-19H,8-11,13-15H2,1-2H3,(H,26,30). The Hall–Kier alpha value is -1.92. The highest BCUT2D eigenvalue weighted by molar-refractivity contribution is 7.80. The summed E-state index contributed by atoms with van der Waals surface area (Å²) in [5, 5.41) is 4.95. The molecule has 1 aromatic heterocycles. The van der Waals surface area contributed by atoms with Crippen LogP contribution in [-0.2, 0) is 11.2 Å². The molecule has 0 unspecified atom stereocenters. The number of carbonyl (C=O) groups is 1. The fourth-order valence-corrected chi connectivity index (χ4v) is 7.99. The van der Waals surface area contributed by atoms with Crippen LogP contribution in [0.1, 0.15) is 59.3 Å². The van der Waals surface area contributed by atoms with Crippen molar-refractivity contribution in [1.29, 1.82) is 0 Å². The lowest BCUT2D eigenvalue weighted by Crippen LogP contribution is -2.60. The number of nitrogens with zero attached hydrogens (tertiary/aromatic N) is 1. The lowest BCUT2D eigenvalue weighted by atomic mass is 9.52. The van der Waals surface area contributed by atoms with Crippen LogP contribution in [0.2, 0.25) is 0 Å². The highest BCUT2D eigenvalue weighted by Crippen LogP contribution is 2.57. The van der Waals surface area contributed by atoms with Gasteiger partial charge in [-0.05, 0) is 80.1 Å². The SMILES string of the molecule is COC(=O)c1cc(Cc2ccccc2)sc1NC(=S)N(C)C12CC3CC(CC(C3)C1)C2. The summed E-state index contributed by atoms with van der Waals surface area (Å²) in [4.78, 5) is 15.9. The minimum absolute atomic E-state index is 0.189. The maximum Gasteiger partial charge on any atom is 0.340 e. The van der Waals surface area contributed by atoms with Gasteiger partial charge in [0, 0.05) is 23.9 Å². The molecule has 0 atom stereocenters. The number of carbonyl (C=O) groups excluding carboxylic acids is 1. The Bertz CT molecular complexity index is 949. The summed E-state index contributed by atoms with van der Waals surface area (Å²) in [6.45, 7) is 0. The van der Waals surface area contributed by atoms with E-state index in [1.165, 1.54) is 51.2 Å². The molecule has 0 amide bonds. The van der Waals surface area contributed by atoms with Crippen molar-refractivity contribution in [2.24, 2.45) is 17.8 Å². The predicted molar refractivity (Wildman–Crippen MR) is 130 cm³/mol. The van der Waals surface area contributed by atoms with Gasteiger partial charge in [-0.3, -0.25) is 0 Å². The first-order chi connectivity index (χ1) is 15.0. The highest BCUT2D eigenvalue weighted by Gasteiger charge is 2.53. The predicted octanol–water partition coefficient (Wildman–Crippen LogP) is 5.72. The molecule has 0 saturated heterocycles. The molecular formula is C25H30N2O2S2. The Labute approximate surface area is 194 Å². The molecule has 6 heteroatoms. The molecule has 4 aliphatic carbocycles. The molecule has 164 valence electrons. The Morgan fingerprint density at radius 1 is 1.16 bits per heavy atom. The second-order valence-electron chi connectivity index (χ2n) is 9.74. The molecule has 4 fully saturated rings. The topological polar surface area (TPSA) is 41.6 Å². The largest absolute Gasteiger partial charge is 0.465 e. The quantitative estimate of drug-likeness (QED) is 0.462. The number of hydrogen-bond donors (Lipinski definition) is 1. The first kappa shape index (κ1) is 21.0. The molecule has 1 heterocycles. The van der Waals surface area contributed by atoms with Crippen molar-refractivity contribution >= 4 is 39.6 Å². The zero-order valence-corrected chi connectivity index (χ0v) is 19.9. The molecule has 4 saturated carbocycles. The summed E-state index contributed by atoms with van der Waals surface area (Å²) in [7, 11) is 3.58. The van der Waals surface area contributed by atoms with Gasteiger partial charge in [0.2, 0.25) is 0 Å². The van der Waals surface area contributed by atoms with Gasteiger partial charge in [-0.25, -0.2) is 4.79 Å². The number of ether oxygens (including phenoxy) is 1. The van der Waals surface area contributed by atoms with E-state index in [0.717, 1.165) is 39.2 Å². The Morgan fingerprint density at radius 3 is 2.35 bits per heavy atom. The monoisotopic (exact) mass is 454 g/mol. The number of methoxy groups -OCH3 is 1. The van der Waals surface area contributed by atoms with Crippen LogP contribution in [-0.4, -0.2) is 35.7 Å². The third-order valence-corrected chi connectivity index (χ3v) is 9.08. The van der Waals surface area contributed by atoms with Crippen molar-refractivity contribution in [2.75, 3.05) is 19.5 Å². The van der Waals surface area contributed by atoms with E-state index < -0.39 is 0 Å². The fraction of sp³-hybridized carbons (Fsp3) is 0.520. The van der Waals surface area contributed by atoms with E-state index in [2.05, 4.69) is 29.4 Å². The van der Waals surface area contributed by atoms with Crippen molar-refractivity contribution in [3.63, 3.8) is 0 Å². The van der Waals surface area contributed by atoms with Crippen molar-refractivity contribution in [1.82, 2.24) is 4.90 Å². The zero-order chi connectivity index (χ0) is 21.6. The van der Waals surface area contributed by atoms with E-state index in [1.807, 2.05) is 24.3 Å². The van der Waals surface area contributed by atoms with Crippen LogP contribution in [0.25, 0.3) is 0 Å². The lowest BCUT2D eigenvalue weighted by Gasteiger charge is -2.60. The molecule has 4 nitrogen and oxygen atoms in total. The van der Waals surface area contributed by atoms with Crippen molar-refractivity contribution in [3.05, 3.63) is 52.4 Å². The van der Waals surface area contributed by atoms with Gasteiger partial charge in [-0.2, -0.15) is 0 Å². The maximum absolute atomic E-state index is 12.5. The van der Waals surface area contributed by atoms with E-state index >= 15 is 0 Å². The summed E-state index contributed by atoms with van der Waals surface area (Å²) in [5.41, 5.74) is 1.98. The first-order valence-electron chi connectivity index (χ1n) is 11.3. The van der Waals surface area contributed by atoms with E-state index in [9.17, 15) is 4.79 Å². The average molecular weight is 455 g/mol. The molecule has 0 spiro atoms. The van der Waals surface area contributed by atoms with Crippen molar-refractivity contribution in [2.45, 2.75) is 50.5 Å². The molecule has 1 aromatic carbocycles. The van der Waals surface area contributed by atoms with Gasteiger partial charge < -0.3 is 15.0 Å². The second-order valence-corrected chi connectivity index (χ2v) is 11.3. The van der Waals surface area contributed by atoms with Crippen molar-refractivity contribution < 1.29 is 9.53 Å². The lowest BCUT2D eigenvalue weighted by molar-refractivity contribution is -0.0538. The normalized spacial score (nSPS) is 28.4. The molecule has 0 aliphatic heterocycles. The number of hydrogen-bond acceptors (Lipinski definition) is 4. The van der Waals surface area contributed by atoms with Gasteiger partial charge in [0.25, 0.3) is 0 Å². The van der Waals surface area contributed by atoms with Crippen LogP contribution in [0.15, 0.2) is 36.4 Å². The number of benzene rings is 1. The van der Waals surface area contributed by atoms with Crippen LogP contribution in [0.5, 0.6) is 0 Å². The van der Waals surface area contributed by atoms with Crippen LogP contribution < -0.4 is 5.32 Å². The van der Waals surface area contributed by atoms with Crippen LogP contribution in [0.4, 0.5) is 5.00 Å². The minimum Gasteiger partial charge on any atom is -0.465 e. The van der Waals surface area contributed by atoms with E-state index in [0.29, 0.717) is 5.56 Å². The molecule has 2 aromatic rings. The number of esters is 1. The van der Waals surface area contributed by atoms with Gasteiger partial charge in [0.1, 0.15) is 5.00 Å². The fourth-order valence-electron chi connectivity index (χ4n) is 6.55. The molecule has 4 aliphatic rings. The number of anilines is 1. The Kier molecular flexibility index (Phi) is 5.55. The number of thiocarbonyl (C=S) groups is 1. The van der Waals surface area contributed by atoms with Crippen LogP contribution in [0.3, 0.4) is 0 Å². The van der Waals surface area contributed by atoms with E-state index in [1.54, 1.807) is 11.3 Å². The van der Waals surface area contributed by atoms with Gasteiger partial charge in [-0.15, -0.1) is 11.3 Å². The van der Waals surface area contributed by atoms with Crippen LogP contribution in [0, 0.1) is 17.8 Å². The van der Waals surface area contributed by atoms with E-state index in [4.69, 9.17) is 17.0 Å². The third kappa shape index (κ3) is 4.00. The Morgan fingerprint density at radius 2 is 1.77 bits per heavy atom. The summed E-state index contributed by atoms with van der Waals surface area (Å²) < 4.78 is 5.05. The molecule has 1 N–H and O–H groups in total. The van der Waals surface area contributed by atoms with E-state index in [-0.39, 0.29) is 11.5 Å². The average Bonchev–Trinajstić information content (AvgIpc) is 3.14.